The Morgan fingerprint density at radius 2 is 2.22 bits per heavy atom. The van der Waals surface area contributed by atoms with Crippen molar-refractivity contribution in [3.63, 3.8) is 0 Å². The van der Waals surface area contributed by atoms with Gasteiger partial charge in [-0.3, -0.25) is 9.69 Å². The average molecular weight is 289 g/mol. The molecule has 1 aromatic carbocycles. The fraction of sp³-hybridized carbons (Fsp3) is 0.273. The normalized spacial score (nSPS) is 18.7. The summed E-state index contributed by atoms with van der Waals surface area (Å²) in [5.74, 6) is -0.368. The summed E-state index contributed by atoms with van der Waals surface area (Å²) in [5.41, 5.74) is 0.405. The van der Waals surface area contributed by atoms with Crippen molar-refractivity contribution in [2.75, 3.05) is 19.0 Å². The lowest BCUT2D eigenvalue weighted by molar-refractivity contribution is -0.119. The van der Waals surface area contributed by atoms with Crippen molar-refractivity contribution in [2.45, 2.75) is 6.04 Å². The number of anilines is 1. The van der Waals surface area contributed by atoms with E-state index in [0.29, 0.717) is 15.7 Å². The minimum Gasteiger partial charge on any atom is -0.447 e. The summed E-state index contributed by atoms with van der Waals surface area (Å²) in [5, 5.41) is 3.45. The molecular formula is C11H10Cl2N2O3. The molecule has 1 fully saturated rings. The number of nitrogens with zero attached hydrogens (tertiary/aromatic N) is 1. The van der Waals surface area contributed by atoms with Gasteiger partial charge in [0.05, 0.1) is 10.7 Å². The Morgan fingerprint density at radius 1 is 1.50 bits per heavy atom. The molecule has 18 heavy (non-hydrogen) atoms. The van der Waals surface area contributed by atoms with Crippen LogP contribution in [0.4, 0.5) is 10.5 Å². The number of nitrogens with one attached hydrogen (secondary N) is 1. The lowest BCUT2D eigenvalue weighted by Crippen LogP contribution is -2.40. The molecule has 1 aromatic rings. The monoisotopic (exact) mass is 288 g/mol. The predicted octanol–water partition coefficient (Wildman–Crippen LogP) is 2.38. The molecule has 1 unspecified atom stereocenters. The predicted molar refractivity (Wildman–Crippen MR) is 68.0 cm³/mol. The van der Waals surface area contributed by atoms with E-state index in [1.807, 2.05) is 0 Å². The molecule has 2 rings (SSSR count). The van der Waals surface area contributed by atoms with Gasteiger partial charge < -0.3 is 10.1 Å². The summed E-state index contributed by atoms with van der Waals surface area (Å²) >= 11 is 11.7. The summed E-state index contributed by atoms with van der Waals surface area (Å²) in [6.07, 6.45) is -0.521. The molecule has 0 spiro atoms. The first-order valence-electron chi connectivity index (χ1n) is 5.14. The van der Waals surface area contributed by atoms with Crippen molar-refractivity contribution in [3.05, 3.63) is 28.2 Å². The first-order valence-corrected chi connectivity index (χ1v) is 5.90. The topological polar surface area (TPSA) is 58.6 Å². The van der Waals surface area contributed by atoms with E-state index in [0.717, 1.165) is 0 Å². The number of halogens is 2. The van der Waals surface area contributed by atoms with Crippen molar-refractivity contribution >= 4 is 40.9 Å². The Hall–Kier alpha value is -1.46. The van der Waals surface area contributed by atoms with Crippen molar-refractivity contribution < 1.29 is 14.3 Å². The van der Waals surface area contributed by atoms with E-state index in [2.05, 4.69) is 5.32 Å². The lowest BCUT2D eigenvalue weighted by Gasteiger charge is -2.16. The number of hydrogen-bond donors (Lipinski definition) is 1. The first kappa shape index (κ1) is 13.0. The summed E-state index contributed by atoms with van der Waals surface area (Å²) < 4.78 is 4.76. The van der Waals surface area contributed by atoms with Gasteiger partial charge in [0.15, 0.2) is 0 Å². The van der Waals surface area contributed by atoms with E-state index in [1.165, 1.54) is 11.9 Å². The second-order valence-corrected chi connectivity index (χ2v) is 4.66. The summed E-state index contributed by atoms with van der Waals surface area (Å²) in [4.78, 5) is 24.3. The van der Waals surface area contributed by atoms with Crippen LogP contribution in [-0.2, 0) is 9.53 Å². The molecule has 96 valence electrons. The maximum absolute atomic E-state index is 11.9. The second-order valence-electron chi connectivity index (χ2n) is 3.82. The molecule has 1 aliphatic heterocycles. The highest BCUT2D eigenvalue weighted by Crippen LogP contribution is 2.26. The Balaban J connectivity index is 2.12. The van der Waals surface area contributed by atoms with E-state index in [9.17, 15) is 9.59 Å². The number of carbonyl (C=O) groups excluding carboxylic acids is 2. The van der Waals surface area contributed by atoms with Crippen LogP contribution in [0, 0.1) is 0 Å². The SMILES string of the molecule is CN1C(=O)OCC1C(=O)Nc1cc(Cl)ccc1Cl. The van der Waals surface area contributed by atoms with Crippen LogP contribution in [0.15, 0.2) is 18.2 Å². The van der Waals surface area contributed by atoms with Crippen molar-refractivity contribution in [1.29, 1.82) is 0 Å². The zero-order valence-corrected chi connectivity index (χ0v) is 11.0. The van der Waals surface area contributed by atoms with E-state index in [-0.39, 0.29) is 12.5 Å². The molecule has 7 heteroatoms. The summed E-state index contributed by atoms with van der Waals surface area (Å²) in [6.45, 7) is 0.0271. The van der Waals surface area contributed by atoms with Crippen LogP contribution in [0.2, 0.25) is 10.0 Å². The highest BCUT2D eigenvalue weighted by Gasteiger charge is 2.35. The number of hydrogen-bond acceptors (Lipinski definition) is 3. The Morgan fingerprint density at radius 3 is 2.83 bits per heavy atom. The van der Waals surface area contributed by atoms with Crippen molar-refractivity contribution in [2.24, 2.45) is 0 Å². The highest BCUT2D eigenvalue weighted by molar-refractivity contribution is 6.35. The van der Waals surface area contributed by atoms with Gasteiger partial charge in [-0.2, -0.15) is 0 Å². The molecule has 0 aromatic heterocycles. The molecule has 1 heterocycles. The average Bonchev–Trinajstić information content (AvgIpc) is 2.65. The largest absolute Gasteiger partial charge is 0.447 e. The van der Waals surface area contributed by atoms with Crippen molar-refractivity contribution in [3.8, 4) is 0 Å². The van der Waals surface area contributed by atoms with E-state index >= 15 is 0 Å². The maximum Gasteiger partial charge on any atom is 0.410 e. The van der Waals surface area contributed by atoms with Gasteiger partial charge in [0.25, 0.3) is 5.91 Å². The number of likely N-dealkylation sites (N-methyl/N-ethyl adjacent to an activating group) is 1. The molecule has 1 aliphatic rings. The quantitative estimate of drug-likeness (QED) is 0.909. The first-order chi connectivity index (χ1) is 8.49. The van der Waals surface area contributed by atoms with Gasteiger partial charge in [0.2, 0.25) is 0 Å². The van der Waals surface area contributed by atoms with Crippen LogP contribution < -0.4 is 5.32 Å². The fourth-order valence-corrected chi connectivity index (χ4v) is 1.89. The third-order valence-corrected chi connectivity index (χ3v) is 3.17. The number of rotatable bonds is 2. The molecule has 2 amide bonds. The van der Waals surface area contributed by atoms with Crippen LogP contribution in [0.1, 0.15) is 0 Å². The minimum atomic E-state index is -0.660. The number of ether oxygens (including phenoxy) is 1. The Bertz CT molecular complexity index is 507. The number of cyclic esters (lactones) is 1. The molecule has 5 nitrogen and oxygen atoms in total. The molecular weight excluding hydrogens is 279 g/mol. The fourth-order valence-electron chi connectivity index (χ4n) is 1.55. The number of benzene rings is 1. The molecule has 1 saturated heterocycles. The molecule has 1 N–H and O–H groups in total. The van der Waals surface area contributed by atoms with Gasteiger partial charge >= 0.3 is 6.09 Å². The van der Waals surface area contributed by atoms with Crippen LogP contribution in [0.3, 0.4) is 0 Å². The maximum atomic E-state index is 11.9. The second kappa shape index (κ2) is 5.04. The van der Waals surface area contributed by atoms with Gasteiger partial charge in [-0.15, -0.1) is 0 Å². The molecule has 1 atom stereocenters. The van der Waals surface area contributed by atoms with Crippen LogP contribution in [0.25, 0.3) is 0 Å². The summed E-state index contributed by atoms with van der Waals surface area (Å²) in [6, 6.07) is 4.08. The number of carbonyl (C=O) groups is 2. The minimum absolute atomic E-state index is 0.0271. The third kappa shape index (κ3) is 2.52. The molecule has 0 aliphatic carbocycles. The van der Waals surface area contributed by atoms with Gasteiger partial charge in [-0.25, -0.2) is 4.79 Å². The van der Waals surface area contributed by atoms with Crippen molar-refractivity contribution in [1.82, 2.24) is 4.90 Å². The molecule has 0 saturated carbocycles. The standard InChI is InChI=1S/C11H10Cl2N2O3/c1-15-9(5-18-11(15)17)10(16)14-8-4-6(12)2-3-7(8)13/h2-4,9H,5H2,1H3,(H,14,16). The summed E-state index contributed by atoms with van der Waals surface area (Å²) in [7, 11) is 1.50. The van der Waals surface area contributed by atoms with Crippen LogP contribution in [-0.4, -0.2) is 36.6 Å². The highest BCUT2D eigenvalue weighted by atomic mass is 35.5. The zero-order valence-electron chi connectivity index (χ0n) is 9.44. The van der Waals surface area contributed by atoms with Gasteiger partial charge in [-0.05, 0) is 18.2 Å². The Kier molecular flexibility index (Phi) is 3.63. The lowest BCUT2D eigenvalue weighted by atomic mass is 10.2. The third-order valence-electron chi connectivity index (χ3n) is 2.61. The smallest absolute Gasteiger partial charge is 0.410 e. The number of amides is 2. The van der Waals surface area contributed by atoms with E-state index < -0.39 is 12.1 Å². The van der Waals surface area contributed by atoms with Crippen LogP contribution >= 0.6 is 23.2 Å². The van der Waals surface area contributed by atoms with E-state index in [1.54, 1.807) is 18.2 Å². The Labute approximate surface area is 114 Å². The van der Waals surface area contributed by atoms with Crippen LogP contribution in [0.5, 0.6) is 0 Å². The van der Waals surface area contributed by atoms with Gasteiger partial charge in [0.1, 0.15) is 12.6 Å². The molecule has 0 radical (unpaired) electrons. The zero-order chi connectivity index (χ0) is 13.3. The van der Waals surface area contributed by atoms with Gasteiger partial charge in [0, 0.05) is 12.1 Å². The van der Waals surface area contributed by atoms with Gasteiger partial charge in [-0.1, -0.05) is 23.2 Å². The van der Waals surface area contributed by atoms with E-state index in [4.69, 9.17) is 27.9 Å². The molecule has 0 bridgehead atoms.